The lowest BCUT2D eigenvalue weighted by Crippen LogP contribution is -2.29. The van der Waals surface area contributed by atoms with Gasteiger partial charge in [0.1, 0.15) is 5.82 Å². The summed E-state index contributed by atoms with van der Waals surface area (Å²) in [6, 6.07) is 4.63. The number of hydrogen-bond acceptors (Lipinski definition) is 6. The van der Waals surface area contributed by atoms with Crippen LogP contribution in [0.2, 0.25) is 0 Å². The lowest BCUT2D eigenvalue weighted by Gasteiger charge is -2.09. The van der Waals surface area contributed by atoms with Crippen LogP contribution in [0.15, 0.2) is 41.7 Å². The fraction of sp³-hybridized carbons (Fsp3) is 0.267. The SMILES string of the molecule is Cc1ccc(C(=O)NCCNc2cnccn2)cc1S(C)(=O)=O. The molecule has 0 atom stereocenters. The molecule has 0 aliphatic carbocycles. The molecule has 0 saturated carbocycles. The van der Waals surface area contributed by atoms with E-state index < -0.39 is 9.84 Å². The molecule has 7 nitrogen and oxygen atoms in total. The van der Waals surface area contributed by atoms with Crippen molar-refractivity contribution >= 4 is 21.6 Å². The number of rotatable bonds is 6. The summed E-state index contributed by atoms with van der Waals surface area (Å²) in [7, 11) is -3.36. The minimum Gasteiger partial charge on any atom is -0.367 e. The average Bonchev–Trinajstić information content (AvgIpc) is 2.51. The van der Waals surface area contributed by atoms with Crippen molar-refractivity contribution in [2.75, 3.05) is 24.7 Å². The Morgan fingerprint density at radius 1 is 1.22 bits per heavy atom. The molecule has 0 aliphatic heterocycles. The summed E-state index contributed by atoms with van der Waals surface area (Å²) in [6.45, 7) is 2.55. The van der Waals surface area contributed by atoms with E-state index in [-0.39, 0.29) is 10.8 Å². The predicted octanol–water partition coefficient (Wildman–Crippen LogP) is 1.03. The standard InChI is InChI=1S/C15H18N4O3S/c1-11-3-4-12(9-13(11)23(2,21)22)15(20)19-8-7-18-14-10-16-5-6-17-14/h3-6,9-10H,7-8H2,1-2H3,(H,17,18)(H,19,20). The van der Waals surface area contributed by atoms with Crippen LogP contribution in [0.1, 0.15) is 15.9 Å². The first kappa shape index (κ1) is 16.9. The second-order valence-corrected chi connectivity index (χ2v) is 7.01. The molecule has 122 valence electrons. The van der Waals surface area contributed by atoms with Gasteiger partial charge in [-0.25, -0.2) is 13.4 Å². The van der Waals surface area contributed by atoms with Crippen molar-refractivity contribution in [3.05, 3.63) is 47.9 Å². The summed E-state index contributed by atoms with van der Waals surface area (Å²) >= 11 is 0. The van der Waals surface area contributed by atoms with Crippen molar-refractivity contribution < 1.29 is 13.2 Å². The smallest absolute Gasteiger partial charge is 0.251 e. The highest BCUT2D eigenvalue weighted by Crippen LogP contribution is 2.16. The average molecular weight is 334 g/mol. The molecule has 2 N–H and O–H groups in total. The number of nitrogens with zero attached hydrogens (tertiary/aromatic N) is 2. The van der Waals surface area contributed by atoms with E-state index in [4.69, 9.17) is 0 Å². The van der Waals surface area contributed by atoms with Crippen molar-refractivity contribution in [1.29, 1.82) is 0 Å². The lowest BCUT2D eigenvalue weighted by atomic mass is 10.1. The molecule has 1 heterocycles. The van der Waals surface area contributed by atoms with E-state index in [9.17, 15) is 13.2 Å². The van der Waals surface area contributed by atoms with Crippen molar-refractivity contribution in [1.82, 2.24) is 15.3 Å². The summed E-state index contributed by atoms with van der Waals surface area (Å²) in [5.74, 6) is 0.298. The van der Waals surface area contributed by atoms with Gasteiger partial charge in [-0.3, -0.25) is 9.78 Å². The van der Waals surface area contributed by atoms with E-state index in [1.807, 2.05) is 0 Å². The summed E-state index contributed by atoms with van der Waals surface area (Å²) in [5.41, 5.74) is 0.934. The van der Waals surface area contributed by atoms with Crippen molar-refractivity contribution in [3.8, 4) is 0 Å². The number of hydrogen-bond donors (Lipinski definition) is 2. The Kier molecular flexibility index (Phi) is 5.28. The molecule has 0 spiro atoms. The predicted molar refractivity (Wildman–Crippen MR) is 87.1 cm³/mol. The second kappa shape index (κ2) is 7.19. The van der Waals surface area contributed by atoms with Crippen LogP contribution in [-0.2, 0) is 9.84 Å². The van der Waals surface area contributed by atoms with Gasteiger partial charge in [0.2, 0.25) is 0 Å². The van der Waals surface area contributed by atoms with Gasteiger partial charge in [-0.05, 0) is 24.6 Å². The van der Waals surface area contributed by atoms with Gasteiger partial charge in [0.05, 0.1) is 11.1 Å². The fourth-order valence-corrected chi connectivity index (χ4v) is 2.99. The van der Waals surface area contributed by atoms with E-state index in [0.717, 1.165) is 6.26 Å². The molecule has 0 fully saturated rings. The molecule has 0 unspecified atom stereocenters. The number of nitrogens with one attached hydrogen (secondary N) is 2. The van der Waals surface area contributed by atoms with Gasteiger partial charge in [0.25, 0.3) is 5.91 Å². The maximum absolute atomic E-state index is 12.1. The van der Waals surface area contributed by atoms with Crippen molar-refractivity contribution in [2.45, 2.75) is 11.8 Å². The Bertz CT molecular complexity index is 792. The van der Waals surface area contributed by atoms with Gasteiger partial charge in [-0.1, -0.05) is 6.07 Å². The molecule has 1 aromatic heterocycles. The number of benzene rings is 1. The zero-order chi connectivity index (χ0) is 16.9. The Morgan fingerprint density at radius 2 is 2.00 bits per heavy atom. The maximum Gasteiger partial charge on any atom is 0.251 e. The monoisotopic (exact) mass is 334 g/mol. The molecular weight excluding hydrogens is 316 g/mol. The molecule has 1 amide bonds. The Morgan fingerprint density at radius 3 is 2.65 bits per heavy atom. The first-order valence-corrected chi connectivity index (χ1v) is 8.86. The van der Waals surface area contributed by atoms with Crippen molar-refractivity contribution in [2.24, 2.45) is 0 Å². The highest BCUT2D eigenvalue weighted by atomic mass is 32.2. The zero-order valence-electron chi connectivity index (χ0n) is 12.9. The normalized spacial score (nSPS) is 11.0. The highest BCUT2D eigenvalue weighted by Gasteiger charge is 2.14. The highest BCUT2D eigenvalue weighted by molar-refractivity contribution is 7.90. The minimum absolute atomic E-state index is 0.169. The van der Waals surface area contributed by atoms with E-state index in [1.165, 1.54) is 6.07 Å². The number of aromatic nitrogens is 2. The Hall–Kier alpha value is -2.48. The first-order chi connectivity index (χ1) is 10.9. The third-order valence-electron chi connectivity index (χ3n) is 3.13. The third-order valence-corrected chi connectivity index (χ3v) is 4.37. The van der Waals surface area contributed by atoms with Crippen LogP contribution in [0.3, 0.4) is 0 Å². The number of carbonyl (C=O) groups is 1. The molecule has 1 aromatic carbocycles. The third kappa shape index (κ3) is 4.75. The Labute approximate surface area is 135 Å². The van der Waals surface area contributed by atoms with Gasteiger partial charge >= 0.3 is 0 Å². The molecule has 2 rings (SSSR count). The van der Waals surface area contributed by atoms with Gasteiger partial charge < -0.3 is 10.6 Å². The number of sulfone groups is 1. The molecule has 0 saturated heterocycles. The van der Waals surface area contributed by atoms with Crippen LogP contribution in [0, 0.1) is 6.92 Å². The molecule has 0 aliphatic rings. The summed E-state index contributed by atoms with van der Waals surface area (Å²) < 4.78 is 23.4. The molecule has 2 aromatic rings. The summed E-state index contributed by atoms with van der Waals surface area (Å²) in [5, 5.41) is 5.73. The Balaban J connectivity index is 1.94. The van der Waals surface area contributed by atoms with Crippen LogP contribution >= 0.6 is 0 Å². The van der Waals surface area contributed by atoms with Crippen LogP contribution < -0.4 is 10.6 Å². The number of anilines is 1. The topological polar surface area (TPSA) is 101 Å². The van der Waals surface area contributed by atoms with Crippen LogP contribution in [0.5, 0.6) is 0 Å². The number of carbonyl (C=O) groups excluding carboxylic acids is 1. The van der Waals surface area contributed by atoms with Crippen molar-refractivity contribution in [3.63, 3.8) is 0 Å². The van der Waals surface area contributed by atoms with E-state index in [0.29, 0.717) is 30.0 Å². The molecular formula is C15H18N4O3S. The van der Waals surface area contributed by atoms with Gasteiger partial charge in [0.15, 0.2) is 9.84 Å². The second-order valence-electron chi connectivity index (χ2n) is 5.03. The zero-order valence-corrected chi connectivity index (χ0v) is 13.7. The quantitative estimate of drug-likeness (QED) is 0.765. The maximum atomic E-state index is 12.1. The van der Waals surface area contributed by atoms with Gasteiger partial charge in [-0.15, -0.1) is 0 Å². The molecule has 8 heteroatoms. The van der Waals surface area contributed by atoms with Crippen LogP contribution in [0.4, 0.5) is 5.82 Å². The largest absolute Gasteiger partial charge is 0.367 e. The fourth-order valence-electron chi connectivity index (χ4n) is 2.00. The van der Waals surface area contributed by atoms with Gasteiger partial charge in [0, 0.05) is 37.3 Å². The summed E-state index contributed by atoms with van der Waals surface area (Å²) in [6.07, 6.45) is 5.85. The van der Waals surface area contributed by atoms with Gasteiger partial charge in [-0.2, -0.15) is 0 Å². The number of amides is 1. The molecule has 0 radical (unpaired) electrons. The van der Waals surface area contributed by atoms with E-state index in [2.05, 4.69) is 20.6 Å². The molecule has 23 heavy (non-hydrogen) atoms. The summed E-state index contributed by atoms with van der Waals surface area (Å²) in [4.78, 5) is 20.2. The molecule has 0 bridgehead atoms. The first-order valence-electron chi connectivity index (χ1n) is 6.97. The minimum atomic E-state index is -3.36. The van der Waals surface area contributed by atoms with E-state index >= 15 is 0 Å². The van der Waals surface area contributed by atoms with Crippen LogP contribution in [-0.4, -0.2) is 43.6 Å². The van der Waals surface area contributed by atoms with Crippen LogP contribution in [0.25, 0.3) is 0 Å². The van der Waals surface area contributed by atoms with E-state index in [1.54, 1.807) is 37.6 Å². The number of aryl methyl sites for hydroxylation is 1. The lowest BCUT2D eigenvalue weighted by molar-refractivity contribution is 0.0955.